The van der Waals surface area contributed by atoms with Gasteiger partial charge in [0.1, 0.15) is 5.82 Å². The summed E-state index contributed by atoms with van der Waals surface area (Å²) in [6.07, 6.45) is 0.834. The second-order valence-corrected chi connectivity index (χ2v) is 6.15. The van der Waals surface area contributed by atoms with Gasteiger partial charge in [-0.25, -0.2) is 4.39 Å². The molecule has 1 unspecified atom stereocenters. The minimum atomic E-state index is -0.235. The second kappa shape index (κ2) is 7.22. The van der Waals surface area contributed by atoms with Gasteiger partial charge in [0.25, 0.3) is 0 Å². The van der Waals surface area contributed by atoms with E-state index < -0.39 is 0 Å². The molecule has 0 bridgehead atoms. The van der Waals surface area contributed by atoms with E-state index in [1.165, 1.54) is 12.1 Å². The van der Waals surface area contributed by atoms with Crippen molar-refractivity contribution in [1.82, 2.24) is 5.32 Å². The summed E-state index contributed by atoms with van der Waals surface area (Å²) in [5.41, 5.74) is 2.08. The highest BCUT2D eigenvalue weighted by Crippen LogP contribution is 2.35. The number of fused-ring (bicyclic) bond motifs is 1. The Morgan fingerprint density at radius 2 is 1.82 bits per heavy atom. The molecule has 0 spiro atoms. The van der Waals surface area contributed by atoms with Gasteiger partial charge in [0.15, 0.2) is 11.5 Å². The van der Waals surface area contributed by atoms with Crippen molar-refractivity contribution in [3.8, 4) is 11.5 Å². The lowest BCUT2D eigenvalue weighted by Crippen LogP contribution is -2.31. The Morgan fingerprint density at radius 1 is 1.14 bits per heavy atom. The first kappa shape index (κ1) is 16.9. The van der Waals surface area contributed by atoms with Crippen LogP contribution in [0.2, 0.25) is 0 Å². The van der Waals surface area contributed by atoms with Gasteiger partial charge in [0, 0.05) is 16.7 Å². The van der Waals surface area contributed by atoms with Gasteiger partial charge in [-0.3, -0.25) is 0 Å². The fourth-order valence-corrected chi connectivity index (χ4v) is 3.51. The van der Waals surface area contributed by atoms with E-state index in [-0.39, 0.29) is 35.8 Å². The summed E-state index contributed by atoms with van der Waals surface area (Å²) in [5.74, 6) is 0.388. The Kier molecular flexibility index (Phi) is 5.56. The van der Waals surface area contributed by atoms with Crippen LogP contribution in [0.5, 0.6) is 11.5 Å². The van der Waals surface area contributed by atoms with Crippen molar-refractivity contribution < 1.29 is 14.6 Å². The molecule has 0 saturated heterocycles. The van der Waals surface area contributed by atoms with Crippen molar-refractivity contribution >= 4 is 24.2 Å². The van der Waals surface area contributed by atoms with Crippen LogP contribution in [0.3, 0.4) is 0 Å². The first-order chi connectivity index (χ1) is 10.1. The molecule has 1 aliphatic rings. The first-order valence-electron chi connectivity index (χ1n) is 6.80. The van der Waals surface area contributed by atoms with E-state index in [4.69, 9.17) is 0 Å². The topological polar surface area (TPSA) is 52.5 Å². The Hall–Kier alpha value is -1.43. The third-order valence-corrected chi connectivity index (χ3v) is 4.73. The van der Waals surface area contributed by atoms with Crippen LogP contribution in [0.1, 0.15) is 17.2 Å². The van der Waals surface area contributed by atoms with Crippen LogP contribution in [0, 0.1) is 5.82 Å². The second-order valence-electron chi connectivity index (χ2n) is 5.06. The van der Waals surface area contributed by atoms with Crippen molar-refractivity contribution in [3.05, 3.63) is 53.3 Å². The molecule has 0 saturated carbocycles. The van der Waals surface area contributed by atoms with E-state index in [0.717, 1.165) is 34.7 Å². The molecule has 1 atom stereocenters. The predicted molar refractivity (Wildman–Crippen MR) is 88.6 cm³/mol. The van der Waals surface area contributed by atoms with E-state index >= 15 is 0 Å². The van der Waals surface area contributed by atoms with E-state index in [0.29, 0.717) is 0 Å². The molecule has 0 radical (unpaired) electrons. The average Bonchev–Trinajstić information content (AvgIpc) is 2.48. The monoisotopic (exact) mass is 341 g/mol. The number of phenols is 2. The molecule has 6 heteroatoms. The predicted octanol–water partition coefficient (Wildman–Crippen LogP) is 3.64. The van der Waals surface area contributed by atoms with Crippen LogP contribution >= 0.6 is 24.2 Å². The van der Waals surface area contributed by atoms with Crippen LogP contribution in [0.4, 0.5) is 4.39 Å². The van der Waals surface area contributed by atoms with Gasteiger partial charge < -0.3 is 15.5 Å². The van der Waals surface area contributed by atoms with Crippen LogP contribution in [-0.4, -0.2) is 22.5 Å². The molecule has 2 aromatic carbocycles. The lowest BCUT2D eigenvalue weighted by Gasteiger charge is -2.27. The third-order valence-electron chi connectivity index (χ3n) is 3.63. The van der Waals surface area contributed by atoms with E-state index in [9.17, 15) is 14.6 Å². The Morgan fingerprint density at radius 3 is 2.55 bits per heavy atom. The summed E-state index contributed by atoms with van der Waals surface area (Å²) >= 11 is 1.64. The summed E-state index contributed by atoms with van der Waals surface area (Å²) in [6, 6.07) is 9.81. The number of hydrogen-bond donors (Lipinski definition) is 3. The van der Waals surface area contributed by atoms with Crippen molar-refractivity contribution in [3.63, 3.8) is 0 Å². The Balaban J connectivity index is 0.00000176. The highest BCUT2D eigenvalue weighted by Gasteiger charge is 2.21. The van der Waals surface area contributed by atoms with Crippen LogP contribution < -0.4 is 5.32 Å². The molecule has 3 nitrogen and oxygen atoms in total. The minimum Gasteiger partial charge on any atom is -0.504 e. The molecule has 0 fully saturated rings. The van der Waals surface area contributed by atoms with Crippen LogP contribution in [0.15, 0.2) is 41.3 Å². The molecule has 3 rings (SSSR count). The standard InChI is InChI=1S/C16H16FNO2S.ClH/c17-11-1-3-12(4-2-11)21-9-14-13-8-16(20)15(19)7-10(13)5-6-18-14;/h1-4,7-8,14,18-20H,5-6,9H2;1H. The highest BCUT2D eigenvalue weighted by atomic mass is 35.5. The maximum atomic E-state index is 12.9. The van der Waals surface area contributed by atoms with Gasteiger partial charge >= 0.3 is 0 Å². The Bertz CT molecular complexity index is 651. The third kappa shape index (κ3) is 3.66. The molecule has 1 aliphatic heterocycles. The zero-order chi connectivity index (χ0) is 14.8. The van der Waals surface area contributed by atoms with Crippen molar-refractivity contribution in [2.45, 2.75) is 17.4 Å². The molecule has 3 N–H and O–H groups in total. The van der Waals surface area contributed by atoms with Gasteiger partial charge in [-0.2, -0.15) is 0 Å². The summed E-state index contributed by atoms with van der Waals surface area (Å²) in [6.45, 7) is 0.839. The van der Waals surface area contributed by atoms with Crippen molar-refractivity contribution in [2.75, 3.05) is 12.3 Å². The van der Waals surface area contributed by atoms with Gasteiger partial charge in [0.2, 0.25) is 0 Å². The highest BCUT2D eigenvalue weighted by molar-refractivity contribution is 7.99. The molecule has 118 valence electrons. The summed E-state index contributed by atoms with van der Waals surface area (Å²) in [5, 5.41) is 22.7. The quantitative estimate of drug-likeness (QED) is 0.589. The van der Waals surface area contributed by atoms with E-state index in [2.05, 4.69) is 5.32 Å². The molecule has 0 aromatic heterocycles. The minimum absolute atomic E-state index is 0. The number of aromatic hydroxyl groups is 2. The molecule has 0 aliphatic carbocycles. The van der Waals surface area contributed by atoms with E-state index in [1.807, 2.05) is 0 Å². The number of rotatable bonds is 3. The molecular weight excluding hydrogens is 325 g/mol. The average molecular weight is 342 g/mol. The maximum Gasteiger partial charge on any atom is 0.157 e. The Labute approximate surface area is 139 Å². The molecule has 2 aromatic rings. The number of phenolic OH excluding ortho intramolecular Hbond substituents is 2. The normalized spacial score (nSPS) is 16.7. The largest absolute Gasteiger partial charge is 0.504 e. The molecule has 0 amide bonds. The number of nitrogens with one attached hydrogen (secondary N) is 1. The van der Waals surface area contributed by atoms with Gasteiger partial charge in [0.05, 0.1) is 0 Å². The SMILES string of the molecule is Cl.Oc1cc2c(cc1O)C(CSc1ccc(F)cc1)NCC2. The number of halogens is 2. The van der Waals surface area contributed by atoms with Crippen molar-refractivity contribution in [1.29, 1.82) is 0 Å². The van der Waals surface area contributed by atoms with Crippen LogP contribution in [0.25, 0.3) is 0 Å². The lowest BCUT2D eigenvalue weighted by molar-refractivity contribution is 0.400. The summed E-state index contributed by atoms with van der Waals surface area (Å²) in [4.78, 5) is 1.01. The number of hydrogen-bond acceptors (Lipinski definition) is 4. The molecular formula is C16H17ClFNO2S. The van der Waals surface area contributed by atoms with E-state index in [1.54, 1.807) is 36.0 Å². The first-order valence-corrected chi connectivity index (χ1v) is 7.78. The maximum absolute atomic E-state index is 12.9. The summed E-state index contributed by atoms with van der Waals surface area (Å²) < 4.78 is 12.9. The zero-order valence-corrected chi connectivity index (χ0v) is 13.4. The van der Waals surface area contributed by atoms with Crippen molar-refractivity contribution in [2.24, 2.45) is 0 Å². The number of thioether (sulfide) groups is 1. The lowest BCUT2D eigenvalue weighted by atomic mass is 9.94. The summed E-state index contributed by atoms with van der Waals surface area (Å²) in [7, 11) is 0. The molecule has 22 heavy (non-hydrogen) atoms. The fourth-order valence-electron chi connectivity index (χ4n) is 2.53. The smallest absolute Gasteiger partial charge is 0.157 e. The van der Waals surface area contributed by atoms with Crippen LogP contribution in [-0.2, 0) is 6.42 Å². The number of benzene rings is 2. The zero-order valence-electron chi connectivity index (χ0n) is 11.8. The van der Waals surface area contributed by atoms with Gasteiger partial charge in [-0.15, -0.1) is 24.2 Å². The van der Waals surface area contributed by atoms with Gasteiger partial charge in [-0.05, 0) is 60.5 Å². The molecule has 1 heterocycles. The van der Waals surface area contributed by atoms with Gasteiger partial charge in [-0.1, -0.05) is 0 Å². The fraction of sp³-hybridized carbons (Fsp3) is 0.250.